The highest BCUT2D eigenvalue weighted by Gasteiger charge is 2.07. The number of fused-ring (bicyclic) bond motifs is 3. The normalized spacial score (nSPS) is 10.5. The lowest BCUT2D eigenvalue weighted by molar-refractivity contribution is 0.454. The van der Waals surface area contributed by atoms with Crippen molar-refractivity contribution in [2.75, 3.05) is 0 Å². The van der Waals surface area contributed by atoms with E-state index in [1.165, 1.54) is 12.3 Å². The molecule has 0 radical (unpaired) electrons. The monoisotopic (exact) mass is 224 g/mol. The standard InChI is InChI=1S/C10H4N6O/c11-3-5-1-7-6-2-9(17)12-4-8(6)14-16-10(7)15-13-5/h1-2,4H,(H,12,17). The molecular weight excluding hydrogens is 220 g/mol. The van der Waals surface area contributed by atoms with E-state index in [-0.39, 0.29) is 11.6 Å². The van der Waals surface area contributed by atoms with E-state index < -0.39 is 0 Å². The summed E-state index contributed by atoms with van der Waals surface area (Å²) in [5, 5.41) is 34.6. The fraction of sp³-hybridized carbons (Fsp3) is 0. The fourth-order valence-corrected chi connectivity index (χ4v) is 1.55. The van der Waals surface area contributed by atoms with Crippen LogP contribution < -0.4 is 0 Å². The molecule has 7 nitrogen and oxygen atoms in total. The van der Waals surface area contributed by atoms with Crippen LogP contribution in [0.1, 0.15) is 5.69 Å². The van der Waals surface area contributed by atoms with Gasteiger partial charge in [-0.15, -0.1) is 20.4 Å². The minimum atomic E-state index is -0.123. The number of nitriles is 1. The summed E-state index contributed by atoms with van der Waals surface area (Å²) in [6, 6.07) is 4.91. The lowest BCUT2D eigenvalue weighted by Gasteiger charge is -2.00. The third-order valence-electron chi connectivity index (χ3n) is 2.30. The zero-order chi connectivity index (χ0) is 11.8. The molecule has 0 fully saturated rings. The molecule has 1 N–H and O–H groups in total. The molecule has 0 saturated carbocycles. The lowest BCUT2D eigenvalue weighted by Crippen LogP contribution is -1.95. The van der Waals surface area contributed by atoms with Gasteiger partial charge < -0.3 is 5.11 Å². The first-order valence-corrected chi connectivity index (χ1v) is 4.67. The first kappa shape index (κ1) is 9.35. The van der Waals surface area contributed by atoms with Gasteiger partial charge in [-0.1, -0.05) is 0 Å². The van der Waals surface area contributed by atoms with Gasteiger partial charge in [0.25, 0.3) is 0 Å². The van der Waals surface area contributed by atoms with Gasteiger partial charge in [-0.3, -0.25) is 0 Å². The van der Waals surface area contributed by atoms with Crippen LogP contribution in [-0.4, -0.2) is 30.5 Å². The van der Waals surface area contributed by atoms with Crippen LogP contribution in [-0.2, 0) is 0 Å². The van der Waals surface area contributed by atoms with E-state index in [0.29, 0.717) is 21.9 Å². The van der Waals surface area contributed by atoms with Crippen LogP contribution in [0.5, 0.6) is 5.88 Å². The number of aromatic nitrogens is 5. The van der Waals surface area contributed by atoms with Crippen molar-refractivity contribution in [3.05, 3.63) is 24.0 Å². The van der Waals surface area contributed by atoms with Gasteiger partial charge in [-0.05, 0) is 6.07 Å². The van der Waals surface area contributed by atoms with E-state index in [0.717, 1.165) is 0 Å². The Kier molecular flexibility index (Phi) is 1.82. The SMILES string of the molecule is N#Cc1cc2c(nn1)nnc1cnc(O)cc12. The predicted octanol–water partition coefficient (Wildman–Crippen LogP) is 0.545. The molecule has 3 rings (SSSR count). The van der Waals surface area contributed by atoms with Gasteiger partial charge in [0, 0.05) is 16.8 Å². The highest BCUT2D eigenvalue weighted by atomic mass is 16.3. The predicted molar refractivity (Wildman–Crippen MR) is 56.8 cm³/mol. The van der Waals surface area contributed by atoms with Crippen molar-refractivity contribution in [2.45, 2.75) is 0 Å². The molecule has 3 aromatic rings. The molecule has 0 aliphatic heterocycles. The summed E-state index contributed by atoms with van der Waals surface area (Å²) in [7, 11) is 0. The molecule has 7 heteroatoms. The van der Waals surface area contributed by atoms with Gasteiger partial charge in [-0.2, -0.15) is 5.26 Å². The Hall–Kier alpha value is -2.88. The molecule has 0 spiro atoms. The summed E-state index contributed by atoms with van der Waals surface area (Å²) < 4.78 is 0. The Bertz CT molecular complexity index is 779. The number of rotatable bonds is 0. The third-order valence-corrected chi connectivity index (χ3v) is 2.30. The summed E-state index contributed by atoms with van der Waals surface area (Å²) in [6.07, 6.45) is 1.41. The lowest BCUT2D eigenvalue weighted by atomic mass is 10.2. The summed E-state index contributed by atoms with van der Waals surface area (Å²) >= 11 is 0. The van der Waals surface area contributed by atoms with Gasteiger partial charge in [-0.25, -0.2) is 4.98 Å². The van der Waals surface area contributed by atoms with E-state index in [2.05, 4.69) is 25.4 Å². The maximum atomic E-state index is 9.36. The largest absolute Gasteiger partial charge is 0.493 e. The van der Waals surface area contributed by atoms with E-state index in [9.17, 15) is 5.11 Å². The van der Waals surface area contributed by atoms with Crippen molar-refractivity contribution in [3.8, 4) is 11.9 Å². The average molecular weight is 224 g/mol. The molecule has 0 aliphatic rings. The van der Waals surface area contributed by atoms with Crippen LogP contribution in [0, 0.1) is 11.3 Å². The highest BCUT2D eigenvalue weighted by Crippen LogP contribution is 2.22. The van der Waals surface area contributed by atoms with Crippen molar-refractivity contribution in [1.82, 2.24) is 25.4 Å². The summed E-state index contributed by atoms with van der Waals surface area (Å²) in [6.45, 7) is 0. The molecule has 17 heavy (non-hydrogen) atoms. The van der Waals surface area contributed by atoms with Gasteiger partial charge in [0.05, 0.1) is 6.20 Å². The van der Waals surface area contributed by atoms with Crippen LogP contribution in [0.15, 0.2) is 18.3 Å². The van der Waals surface area contributed by atoms with E-state index in [1.807, 2.05) is 6.07 Å². The van der Waals surface area contributed by atoms with E-state index >= 15 is 0 Å². The van der Waals surface area contributed by atoms with E-state index in [4.69, 9.17) is 5.26 Å². The minimum Gasteiger partial charge on any atom is -0.493 e. The van der Waals surface area contributed by atoms with Gasteiger partial charge in [0.1, 0.15) is 11.6 Å². The molecular formula is C10H4N6O. The van der Waals surface area contributed by atoms with Gasteiger partial charge >= 0.3 is 0 Å². The van der Waals surface area contributed by atoms with Crippen molar-refractivity contribution >= 4 is 21.9 Å². The molecule has 0 unspecified atom stereocenters. The van der Waals surface area contributed by atoms with Crippen LogP contribution >= 0.6 is 0 Å². The van der Waals surface area contributed by atoms with Crippen LogP contribution in [0.3, 0.4) is 0 Å². The Labute approximate surface area is 94.4 Å². The first-order valence-electron chi connectivity index (χ1n) is 4.67. The van der Waals surface area contributed by atoms with Crippen LogP contribution in [0.2, 0.25) is 0 Å². The number of nitrogens with zero attached hydrogens (tertiary/aromatic N) is 6. The van der Waals surface area contributed by atoms with Crippen molar-refractivity contribution < 1.29 is 5.11 Å². The second kappa shape index (κ2) is 3.31. The van der Waals surface area contributed by atoms with Crippen LogP contribution in [0.4, 0.5) is 0 Å². The zero-order valence-electron chi connectivity index (χ0n) is 8.36. The van der Waals surface area contributed by atoms with Crippen molar-refractivity contribution in [3.63, 3.8) is 0 Å². The summed E-state index contributed by atoms with van der Waals surface area (Å²) in [5.41, 5.74) is 1.03. The maximum absolute atomic E-state index is 9.36. The van der Waals surface area contributed by atoms with E-state index in [1.54, 1.807) is 6.07 Å². The Morgan fingerprint density at radius 2 is 1.88 bits per heavy atom. The summed E-state index contributed by atoms with van der Waals surface area (Å²) in [4.78, 5) is 3.71. The van der Waals surface area contributed by atoms with Crippen LogP contribution in [0.25, 0.3) is 21.9 Å². The average Bonchev–Trinajstić information content (AvgIpc) is 2.38. The molecule has 80 valence electrons. The molecule has 0 bridgehead atoms. The smallest absolute Gasteiger partial charge is 0.211 e. The zero-order valence-corrected chi connectivity index (χ0v) is 8.36. The topological polar surface area (TPSA) is 108 Å². The molecule has 0 aromatic carbocycles. The molecule has 0 atom stereocenters. The second-order valence-electron chi connectivity index (χ2n) is 3.34. The molecule has 3 heterocycles. The quantitative estimate of drug-likeness (QED) is 0.555. The maximum Gasteiger partial charge on any atom is 0.211 e. The molecule has 0 amide bonds. The Balaban J connectivity index is 2.52. The summed E-state index contributed by atoms with van der Waals surface area (Å²) in [5.74, 6) is -0.123. The highest BCUT2D eigenvalue weighted by molar-refractivity contribution is 6.02. The Morgan fingerprint density at radius 1 is 1.06 bits per heavy atom. The second-order valence-corrected chi connectivity index (χ2v) is 3.34. The third kappa shape index (κ3) is 1.39. The van der Waals surface area contributed by atoms with Gasteiger partial charge in [0.2, 0.25) is 11.5 Å². The number of aromatic hydroxyl groups is 1. The van der Waals surface area contributed by atoms with Gasteiger partial charge in [0.15, 0.2) is 5.69 Å². The fourth-order valence-electron chi connectivity index (χ4n) is 1.55. The number of pyridine rings is 1. The Morgan fingerprint density at radius 3 is 2.71 bits per heavy atom. The minimum absolute atomic E-state index is 0.123. The first-order chi connectivity index (χ1) is 8.28. The molecule has 3 aromatic heterocycles. The number of hydrogen-bond acceptors (Lipinski definition) is 7. The number of hydrogen-bond donors (Lipinski definition) is 1. The molecule has 0 aliphatic carbocycles. The van der Waals surface area contributed by atoms with Crippen molar-refractivity contribution in [1.29, 1.82) is 5.26 Å². The molecule has 0 saturated heterocycles. The van der Waals surface area contributed by atoms with Crippen molar-refractivity contribution in [2.24, 2.45) is 0 Å².